The second-order valence-corrected chi connectivity index (χ2v) is 5.46. The lowest BCUT2D eigenvalue weighted by Crippen LogP contribution is -2.27. The number of aromatic hydroxyl groups is 1. The van der Waals surface area contributed by atoms with E-state index in [1.807, 2.05) is 0 Å². The number of benzene rings is 1. The first-order chi connectivity index (χ1) is 9.97. The first-order valence-electron chi connectivity index (χ1n) is 5.99. The fourth-order valence-corrected chi connectivity index (χ4v) is 2.17. The molecular formula is C13H12IN3O4. The number of phenols is 1. The number of imidazole rings is 1. The second kappa shape index (κ2) is 6.57. The number of hydrogen-bond acceptors (Lipinski definition) is 4. The van der Waals surface area contributed by atoms with E-state index in [1.54, 1.807) is 16.7 Å². The Bertz CT molecular complexity index is 684. The van der Waals surface area contributed by atoms with E-state index in [2.05, 4.69) is 32.9 Å². The molecule has 0 aliphatic heterocycles. The van der Waals surface area contributed by atoms with Gasteiger partial charge in [-0.2, -0.15) is 0 Å². The average molecular weight is 401 g/mol. The Hall–Kier alpha value is -2.10. The van der Waals surface area contributed by atoms with Gasteiger partial charge in [0.15, 0.2) is 5.69 Å². The molecule has 0 saturated carbocycles. The summed E-state index contributed by atoms with van der Waals surface area (Å²) in [4.78, 5) is 26.3. The Morgan fingerprint density at radius 1 is 1.38 bits per heavy atom. The molecule has 21 heavy (non-hydrogen) atoms. The highest BCUT2D eigenvalue weighted by atomic mass is 127. The molecule has 1 aromatic carbocycles. The van der Waals surface area contributed by atoms with Crippen LogP contribution in [0, 0.1) is 3.57 Å². The van der Waals surface area contributed by atoms with E-state index in [-0.39, 0.29) is 22.9 Å². The predicted octanol–water partition coefficient (Wildman–Crippen LogP) is 1.32. The number of carbonyl (C=O) groups is 2. The normalized spacial score (nSPS) is 10.3. The van der Waals surface area contributed by atoms with Crippen LogP contribution in [0.15, 0.2) is 30.7 Å². The first-order valence-corrected chi connectivity index (χ1v) is 7.07. The van der Waals surface area contributed by atoms with E-state index in [0.717, 1.165) is 3.57 Å². The average Bonchev–Trinajstić information content (AvgIpc) is 2.90. The van der Waals surface area contributed by atoms with Crippen LogP contribution in [-0.4, -0.2) is 38.2 Å². The van der Waals surface area contributed by atoms with Crippen LogP contribution >= 0.6 is 22.6 Å². The third kappa shape index (κ3) is 3.94. The number of amides is 1. The smallest absolute Gasteiger partial charge is 0.356 e. The molecule has 0 spiro atoms. The number of phenolic OH excluding ortho intramolecular Hbond substituents is 1. The highest BCUT2D eigenvalue weighted by Crippen LogP contribution is 2.19. The van der Waals surface area contributed by atoms with Crippen LogP contribution in [-0.2, 0) is 6.54 Å². The molecular weight excluding hydrogens is 389 g/mol. The molecule has 0 unspecified atom stereocenters. The van der Waals surface area contributed by atoms with Gasteiger partial charge in [0.25, 0.3) is 5.91 Å². The van der Waals surface area contributed by atoms with Gasteiger partial charge in [0.1, 0.15) is 5.75 Å². The molecule has 0 radical (unpaired) electrons. The number of nitrogens with zero attached hydrogens (tertiary/aromatic N) is 2. The van der Waals surface area contributed by atoms with Gasteiger partial charge in [-0.05, 0) is 40.8 Å². The molecule has 0 aliphatic carbocycles. The van der Waals surface area contributed by atoms with Crippen molar-refractivity contribution in [3.63, 3.8) is 0 Å². The van der Waals surface area contributed by atoms with Crippen molar-refractivity contribution in [3.05, 3.63) is 45.6 Å². The molecule has 3 N–H and O–H groups in total. The number of aromatic carboxylic acids is 1. The van der Waals surface area contributed by atoms with Gasteiger partial charge in [0, 0.05) is 22.9 Å². The molecule has 0 aliphatic rings. The number of hydrogen-bond donors (Lipinski definition) is 3. The zero-order chi connectivity index (χ0) is 15.4. The van der Waals surface area contributed by atoms with Crippen molar-refractivity contribution in [2.45, 2.75) is 6.54 Å². The second-order valence-electron chi connectivity index (χ2n) is 4.22. The quantitative estimate of drug-likeness (QED) is 0.656. The minimum absolute atomic E-state index is 0.0448. The van der Waals surface area contributed by atoms with Crippen LogP contribution in [0.4, 0.5) is 0 Å². The van der Waals surface area contributed by atoms with Crippen LogP contribution in [0.3, 0.4) is 0 Å². The molecule has 0 atom stereocenters. The van der Waals surface area contributed by atoms with E-state index >= 15 is 0 Å². The lowest BCUT2D eigenvalue weighted by molar-refractivity contribution is 0.0690. The summed E-state index contributed by atoms with van der Waals surface area (Å²) >= 11 is 2.05. The third-order valence-corrected chi connectivity index (χ3v) is 3.38. The highest BCUT2D eigenvalue weighted by Gasteiger charge is 2.11. The molecule has 110 valence electrons. The Morgan fingerprint density at radius 3 is 2.81 bits per heavy atom. The summed E-state index contributed by atoms with van der Waals surface area (Å²) in [5.41, 5.74) is 0.162. The zero-order valence-electron chi connectivity index (χ0n) is 10.8. The maximum Gasteiger partial charge on any atom is 0.356 e. The fraction of sp³-hybridized carbons (Fsp3) is 0.154. The molecule has 0 fully saturated rings. The topological polar surface area (TPSA) is 104 Å². The summed E-state index contributed by atoms with van der Waals surface area (Å²) in [6.07, 6.45) is 2.77. The van der Waals surface area contributed by atoms with Gasteiger partial charge < -0.3 is 20.1 Å². The largest absolute Gasteiger partial charge is 0.507 e. The van der Waals surface area contributed by atoms with E-state index < -0.39 is 5.97 Å². The van der Waals surface area contributed by atoms with E-state index in [1.165, 1.54) is 18.6 Å². The van der Waals surface area contributed by atoms with Gasteiger partial charge in [-0.1, -0.05) is 0 Å². The highest BCUT2D eigenvalue weighted by molar-refractivity contribution is 14.1. The van der Waals surface area contributed by atoms with E-state index in [9.17, 15) is 14.7 Å². The van der Waals surface area contributed by atoms with Crippen molar-refractivity contribution in [2.24, 2.45) is 0 Å². The zero-order valence-corrected chi connectivity index (χ0v) is 12.9. The fourth-order valence-electron chi connectivity index (χ4n) is 1.68. The van der Waals surface area contributed by atoms with E-state index in [0.29, 0.717) is 13.1 Å². The molecule has 2 rings (SSSR count). The van der Waals surface area contributed by atoms with Crippen LogP contribution in [0.5, 0.6) is 5.75 Å². The van der Waals surface area contributed by atoms with Crippen molar-refractivity contribution in [1.82, 2.24) is 14.9 Å². The predicted molar refractivity (Wildman–Crippen MR) is 82.3 cm³/mol. The first kappa shape index (κ1) is 15.3. The molecule has 7 nitrogen and oxygen atoms in total. The van der Waals surface area contributed by atoms with Crippen molar-refractivity contribution in [3.8, 4) is 5.75 Å². The third-order valence-electron chi connectivity index (χ3n) is 2.71. The van der Waals surface area contributed by atoms with Crippen molar-refractivity contribution in [2.75, 3.05) is 6.54 Å². The van der Waals surface area contributed by atoms with Crippen molar-refractivity contribution >= 4 is 34.5 Å². The monoisotopic (exact) mass is 401 g/mol. The SMILES string of the molecule is O=C(O)c1cn(CCNC(=O)c2cc(I)ccc2O)cn1. The van der Waals surface area contributed by atoms with Crippen molar-refractivity contribution in [1.29, 1.82) is 0 Å². The number of rotatable bonds is 5. The molecule has 0 saturated heterocycles. The maximum absolute atomic E-state index is 11.9. The van der Waals surface area contributed by atoms with E-state index in [4.69, 9.17) is 5.11 Å². The molecule has 1 amide bonds. The summed E-state index contributed by atoms with van der Waals surface area (Å²) in [6.45, 7) is 0.676. The Labute approximate surface area is 133 Å². The number of nitrogens with one attached hydrogen (secondary N) is 1. The lowest BCUT2D eigenvalue weighted by Gasteiger charge is -2.07. The summed E-state index contributed by atoms with van der Waals surface area (Å²) in [6, 6.07) is 4.75. The van der Waals surface area contributed by atoms with Gasteiger partial charge in [0.2, 0.25) is 0 Å². The minimum Gasteiger partial charge on any atom is -0.507 e. The number of carbonyl (C=O) groups excluding carboxylic acids is 1. The summed E-state index contributed by atoms with van der Waals surface area (Å²) in [5.74, 6) is -1.56. The number of carboxylic acids is 1. The Kier molecular flexibility index (Phi) is 4.78. The Balaban J connectivity index is 1.92. The molecule has 8 heteroatoms. The Morgan fingerprint density at radius 2 is 2.14 bits per heavy atom. The molecule has 2 aromatic rings. The molecule has 1 aromatic heterocycles. The molecule has 0 bridgehead atoms. The van der Waals surface area contributed by atoms with Gasteiger partial charge in [-0.3, -0.25) is 4.79 Å². The summed E-state index contributed by atoms with van der Waals surface area (Å²) in [7, 11) is 0. The summed E-state index contributed by atoms with van der Waals surface area (Å²) in [5, 5.41) is 21.0. The lowest BCUT2D eigenvalue weighted by atomic mass is 10.2. The minimum atomic E-state index is -1.10. The number of aromatic nitrogens is 2. The van der Waals surface area contributed by atoms with Crippen LogP contribution < -0.4 is 5.32 Å². The van der Waals surface area contributed by atoms with Gasteiger partial charge in [-0.15, -0.1) is 0 Å². The summed E-state index contributed by atoms with van der Waals surface area (Å²) < 4.78 is 2.41. The number of carboxylic acid groups (broad SMARTS) is 1. The van der Waals surface area contributed by atoms with Crippen LogP contribution in [0.1, 0.15) is 20.8 Å². The van der Waals surface area contributed by atoms with Crippen molar-refractivity contribution < 1.29 is 19.8 Å². The maximum atomic E-state index is 11.9. The standard InChI is InChI=1S/C13H12IN3O4/c14-8-1-2-11(18)9(5-8)12(19)15-3-4-17-6-10(13(20)21)16-7-17/h1-2,5-7,18H,3-4H2,(H,15,19)(H,20,21). The van der Waals surface area contributed by atoms with Gasteiger partial charge >= 0.3 is 5.97 Å². The van der Waals surface area contributed by atoms with Crippen LogP contribution in [0.25, 0.3) is 0 Å². The van der Waals surface area contributed by atoms with Gasteiger partial charge in [0.05, 0.1) is 11.9 Å². The van der Waals surface area contributed by atoms with Crippen LogP contribution in [0.2, 0.25) is 0 Å². The molecule has 1 heterocycles. The number of halogens is 1. The van der Waals surface area contributed by atoms with Gasteiger partial charge in [-0.25, -0.2) is 9.78 Å².